The molecular formula is C12H19F3N4O2. The highest BCUT2D eigenvalue weighted by molar-refractivity contribution is 5.49. The van der Waals surface area contributed by atoms with Crippen molar-refractivity contribution < 1.29 is 23.0 Å². The predicted octanol–water partition coefficient (Wildman–Crippen LogP) is 1.42. The molecule has 6 nitrogen and oxygen atoms in total. The number of nitrogens with one attached hydrogen (secondary N) is 1. The lowest BCUT2D eigenvalue weighted by Gasteiger charge is -2.24. The summed E-state index contributed by atoms with van der Waals surface area (Å²) >= 11 is 0. The number of hydrogen-bond donors (Lipinski definition) is 2. The zero-order valence-electron chi connectivity index (χ0n) is 11.9. The van der Waals surface area contributed by atoms with Crippen molar-refractivity contribution in [3.63, 3.8) is 0 Å². The summed E-state index contributed by atoms with van der Waals surface area (Å²) in [6.07, 6.45) is -4.39. The van der Waals surface area contributed by atoms with Gasteiger partial charge in [-0.25, -0.2) is 9.97 Å². The van der Waals surface area contributed by atoms with Crippen LogP contribution in [-0.2, 0) is 11.3 Å². The van der Waals surface area contributed by atoms with Gasteiger partial charge in [-0.2, -0.15) is 13.2 Å². The summed E-state index contributed by atoms with van der Waals surface area (Å²) in [6.45, 7) is 0.736. The number of alkyl halides is 3. The molecule has 1 aromatic heterocycles. The number of halogens is 3. The first-order valence-electron chi connectivity index (χ1n) is 6.43. The van der Waals surface area contributed by atoms with E-state index in [0.29, 0.717) is 12.4 Å². The Balaban J connectivity index is 3.09. The zero-order valence-corrected chi connectivity index (χ0v) is 11.9. The van der Waals surface area contributed by atoms with Gasteiger partial charge in [0, 0.05) is 26.3 Å². The molecule has 0 saturated heterocycles. The van der Waals surface area contributed by atoms with E-state index in [1.165, 1.54) is 13.2 Å². The molecule has 0 unspecified atom stereocenters. The van der Waals surface area contributed by atoms with Crippen LogP contribution in [0.3, 0.4) is 0 Å². The Morgan fingerprint density at radius 2 is 2.10 bits per heavy atom. The monoisotopic (exact) mass is 308 g/mol. The van der Waals surface area contributed by atoms with Gasteiger partial charge in [-0.3, -0.25) is 0 Å². The lowest BCUT2D eigenvalue weighted by molar-refractivity contribution is -0.120. The van der Waals surface area contributed by atoms with Gasteiger partial charge in [0.2, 0.25) is 0 Å². The fourth-order valence-electron chi connectivity index (χ4n) is 1.72. The van der Waals surface area contributed by atoms with Crippen LogP contribution < -0.4 is 10.2 Å². The molecule has 0 spiro atoms. The minimum absolute atomic E-state index is 0.0885. The van der Waals surface area contributed by atoms with Crippen molar-refractivity contribution in [3.05, 3.63) is 11.9 Å². The van der Waals surface area contributed by atoms with Gasteiger partial charge in [0.05, 0.1) is 6.61 Å². The third kappa shape index (κ3) is 6.13. The standard InChI is InChI=1S/C12H19F3N4O2/c1-3-16-9-6-11(18-10(17-9)7-21-2)19(4-5-20)8-12(13,14)15/h6,20H,3-5,7-8H2,1-2H3,(H,16,17,18). The number of hydrogen-bond acceptors (Lipinski definition) is 6. The van der Waals surface area contributed by atoms with Gasteiger partial charge in [0.25, 0.3) is 0 Å². The first-order chi connectivity index (χ1) is 9.89. The summed E-state index contributed by atoms with van der Waals surface area (Å²) in [4.78, 5) is 9.14. The Labute approximate surface area is 121 Å². The van der Waals surface area contributed by atoms with Crippen LogP contribution in [0.15, 0.2) is 6.07 Å². The molecule has 120 valence electrons. The summed E-state index contributed by atoms with van der Waals surface area (Å²) in [6, 6.07) is 1.42. The van der Waals surface area contributed by atoms with E-state index >= 15 is 0 Å². The van der Waals surface area contributed by atoms with Crippen molar-refractivity contribution in [1.82, 2.24) is 9.97 Å². The predicted molar refractivity (Wildman–Crippen MR) is 72.3 cm³/mol. The molecule has 1 heterocycles. The van der Waals surface area contributed by atoms with Crippen molar-refractivity contribution in [2.75, 3.05) is 43.6 Å². The fraction of sp³-hybridized carbons (Fsp3) is 0.667. The Bertz CT molecular complexity index is 419. The third-order valence-corrected chi connectivity index (χ3v) is 2.45. The molecule has 0 amide bonds. The molecule has 0 aliphatic heterocycles. The van der Waals surface area contributed by atoms with Crippen molar-refractivity contribution in [1.29, 1.82) is 0 Å². The van der Waals surface area contributed by atoms with E-state index in [1.807, 2.05) is 6.92 Å². The summed E-state index contributed by atoms with van der Waals surface area (Å²) in [5, 5.41) is 11.9. The molecule has 9 heteroatoms. The lowest BCUT2D eigenvalue weighted by atomic mass is 10.4. The van der Waals surface area contributed by atoms with Crippen LogP contribution in [0.25, 0.3) is 0 Å². The first-order valence-corrected chi connectivity index (χ1v) is 6.43. The Morgan fingerprint density at radius 3 is 2.62 bits per heavy atom. The number of nitrogens with zero attached hydrogens (tertiary/aromatic N) is 3. The molecule has 0 fully saturated rings. The van der Waals surface area contributed by atoms with E-state index in [1.54, 1.807) is 0 Å². The van der Waals surface area contributed by atoms with Crippen LogP contribution in [0, 0.1) is 0 Å². The van der Waals surface area contributed by atoms with E-state index in [9.17, 15) is 13.2 Å². The average Bonchev–Trinajstić information content (AvgIpc) is 2.37. The summed E-state index contributed by atoms with van der Waals surface area (Å²) < 4.78 is 42.7. The SMILES string of the molecule is CCNc1cc(N(CCO)CC(F)(F)F)nc(COC)n1. The first kappa shape index (κ1) is 17.4. The third-order valence-electron chi connectivity index (χ3n) is 2.45. The van der Waals surface area contributed by atoms with Crippen LogP contribution in [0.4, 0.5) is 24.8 Å². The van der Waals surface area contributed by atoms with Crippen molar-refractivity contribution in [3.8, 4) is 0 Å². The molecule has 0 aliphatic rings. The highest BCUT2D eigenvalue weighted by atomic mass is 19.4. The smallest absolute Gasteiger partial charge is 0.395 e. The molecular weight excluding hydrogens is 289 g/mol. The van der Waals surface area contributed by atoms with E-state index < -0.39 is 19.3 Å². The highest BCUT2D eigenvalue weighted by Crippen LogP contribution is 2.22. The fourth-order valence-corrected chi connectivity index (χ4v) is 1.72. The van der Waals surface area contributed by atoms with Gasteiger partial charge in [0.1, 0.15) is 24.8 Å². The van der Waals surface area contributed by atoms with Gasteiger partial charge in [-0.1, -0.05) is 0 Å². The maximum atomic E-state index is 12.6. The second kappa shape index (κ2) is 7.99. The second-order valence-corrected chi connectivity index (χ2v) is 4.25. The van der Waals surface area contributed by atoms with Crippen molar-refractivity contribution in [2.45, 2.75) is 19.7 Å². The van der Waals surface area contributed by atoms with Gasteiger partial charge < -0.3 is 20.1 Å². The molecule has 0 aromatic carbocycles. The molecule has 0 atom stereocenters. The highest BCUT2D eigenvalue weighted by Gasteiger charge is 2.31. The number of methoxy groups -OCH3 is 1. The Morgan fingerprint density at radius 1 is 1.38 bits per heavy atom. The van der Waals surface area contributed by atoms with E-state index in [-0.39, 0.29) is 24.8 Å². The van der Waals surface area contributed by atoms with Gasteiger partial charge in [-0.05, 0) is 6.92 Å². The summed E-state index contributed by atoms with van der Waals surface area (Å²) in [7, 11) is 1.45. The molecule has 0 aliphatic carbocycles. The average molecular weight is 308 g/mol. The molecule has 0 bridgehead atoms. The van der Waals surface area contributed by atoms with Crippen LogP contribution in [0.5, 0.6) is 0 Å². The molecule has 21 heavy (non-hydrogen) atoms. The maximum absolute atomic E-state index is 12.6. The van der Waals surface area contributed by atoms with Crippen LogP contribution in [0.2, 0.25) is 0 Å². The van der Waals surface area contributed by atoms with Crippen molar-refractivity contribution >= 4 is 11.6 Å². The second-order valence-electron chi connectivity index (χ2n) is 4.25. The lowest BCUT2D eigenvalue weighted by Crippen LogP contribution is -2.37. The van der Waals surface area contributed by atoms with Gasteiger partial charge in [0.15, 0.2) is 5.82 Å². The number of anilines is 2. The van der Waals surface area contributed by atoms with E-state index in [4.69, 9.17) is 9.84 Å². The normalized spacial score (nSPS) is 11.5. The number of aliphatic hydroxyl groups is 1. The minimum Gasteiger partial charge on any atom is -0.395 e. The minimum atomic E-state index is -4.39. The number of aliphatic hydroxyl groups excluding tert-OH is 1. The number of ether oxygens (including phenoxy) is 1. The summed E-state index contributed by atoms with van der Waals surface area (Å²) in [5.41, 5.74) is 0. The molecule has 1 rings (SSSR count). The van der Waals surface area contributed by atoms with Crippen LogP contribution >= 0.6 is 0 Å². The maximum Gasteiger partial charge on any atom is 0.405 e. The number of aromatic nitrogens is 2. The number of rotatable bonds is 8. The Kier molecular flexibility index (Phi) is 6.63. The van der Waals surface area contributed by atoms with Crippen LogP contribution in [-0.4, -0.2) is 54.6 Å². The molecule has 0 saturated carbocycles. The van der Waals surface area contributed by atoms with Gasteiger partial charge >= 0.3 is 6.18 Å². The Hall–Kier alpha value is -1.61. The van der Waals surface area contributed by atoms with Gasteiger partial charge in [-0.15, -0.1) is 0 Å². The molecule has 1 aromatic rings. The largest absolute Gasteiger partial charge is 0.405 e. The van der Waals surface area contributed by atoms with Crippen molar-refractivity contribution in [2.24, 2.45) is 0 Å². The zero-order chi connectivity index (χ0) is 15.9. The summed E-state index contributed by atoms with van der Waals surface area (Å²) in [5.74, 6) is 0.787. The molecule has 2 N–H and O–H groups in total. The topological polar surface area (TPSA) is 70.5 Å². The van der Waals surface area contributed by atoms with Crippen LogP contribution in [0.1, 0.15) is 12.7 Å². The molecule has 0 radical (unpaired) electrons. The van der Waals surface area contributed by atoms with E-state index in [2.05, 4.69) is 15.3 Å². The quantitative estimate of drug-likeness (QED) is 0.757. The van der Waals surface area contributed by atoms with E-state index in [0.717, 1.165) is 4.90 Å².